The highest BCUT2D eigenvalue weighted by atomic mass is 28.4. The van der Waals surface area contributed by atoms with Gasteiger partial charge in [0.25, 0.3) is 0 Å². The van der Waals surface area contributed by atoms with E-state index in [4.69, 9.17) is 4.43 Å². The average molecular weight is 421 g/mol. The lowest BCUT2D eigenvalue weighted by molar-refractivity contribution is -0.205. The number of Topliss-reactive ketones (excluding diaryl/α,β-unsaturated/α-hetero) is 1. The van der Waals surface area contributed by atoms with Crippen molar-refractivity contribution in [2.45, 2.75) is 116 Å². The lowest BCUT2D eigenvalue weighted by atomic mass is 9.44. The van der Waals surface area contributed by atoms with Gasteiger partial charge >= 0.3 is 0 Å². The molecule has 29 heavy (non-hydrogen) atoms. The first-order chi connectivity index (χ1) is 13.4. The molecule has 6 atom stereocenters. The van der Waals surface area contributed by atoms with Gasteiger partial charge in [-0.05, 0) is 86.2 Å². The Morgan fingerprint density at radius 1 is 1.03 bits per heavy atom. The fraction of sp³-hybridized carbons (Fsp3) is 0.960. The maximum Gasteiger partial charge on any atom is 0.192 e. The van der Waals surface area contributed by atoms with Crippen molar-refractivity contribution in [1.82, 2.24) is 0 Å². The van der Waals surface area contributed by atoms with E-state index in [1.54, 1.807) is 0 Å². The molecular weight excluding hydrogens is 376 g/mol. The minimum absolute atomic E-state index is 0.0479. The fourth-order valence-corrected chi connectivity index (χ4v) is 8.68. The molecule has 0 spiro atoms. The summed E-state index contributed by atoms with van der Waals surface area (Å²) in [4.78, 5) is 13.3. The zero-order chi connectivity index (χ0) is 21.3. The van der Waals surface area contributed by atoms with Crippen molar-refractivity contribution >= 4 is 14.1 Å². The fourth-order valence-electron chi connectivity index (χ4n) is 7.63. The molecule has 0 unspecified atom stereocenters. The Bertz CT molecular complexity index is 667. The lowest BCUT2D eigenvalue weighted by Gasteiger charge is -2.63. The Morgan fingerprint density at radius 3 is 2.41 bits per heavy atom. The van der Waals surface area contributed by atoms with Gasteiger partial charge < -0.3 is 9.53 Å². The molecule has 0 saturated heterocycles. The molecule has 0 aromatic heterocycles. The van der Waals surface area contributed by atoms with E-state index in [0.29, 0.717) is 30.1 Å². The molecule has 4 aliphatic rings. The first kappa shape index (κ1) is 22.0. The van der Waals surface area contributed by atoms with Gasteiger partial charge in [0.1, 0.15) is 5.78 Å². The average Bonchev–Trinajstić information content (AvgIpc) is 2.97. The predicted molar refractivity (Wildman–Crippen MR) is 120 cm³/mol. The summed E-state index contributed by atoms with van der Waals surface area (Å²) >= 11 is 0. The Morgan fingerprint density at radius 2 is 1.72 bits per heavy atom. The van der Waals surface area contributed by atoms with E-state index in [9.17, 15) is 9.90 Å². The van der Waals surface area contributed by atoms with Crippen LogP contribution >= 0.6 is 0 Å². The molecule has 0 bridgehead atoms. The quantitative estimate of drug-likeness (QED) is 0.561. The third-order valence-corrected chi connectivity index (χ3v) is 15.2. The molecule has 4 saturated carbocycles. The second-order valence-electron chi connectivity index (χ2n) is 12.8. The monoisotopic (exact) mass is 420 g/mol. The molecule has 1 N–H and O–H groups in total. The zero-order valence-corrected chi connectivity index (χ0v) is 20.8. The van der Waals surface area contributed by atoms with Crippen LogP contribution in [0.1, 0.15) is 91.9 Å². The second kappa shape index (κ2) is 6.90. The number of fused-ring (bicyclic) bond motifs is 5. The Kier molecular flexibility index (Phi) is 5.24. The van der Waals surface area contributed by atoms with Crippen LogP contribution in [0.3, 0.4) is 0 Å². The Hall–Kier alpha value is -0.193. The van der Waals surface area contributed by atoms with Gasteiger partial charge in [-0.15, -0.1) is 0 Å². The minimum atomic E-state index is -1.87. The third kappa shape index (κ3) is 3.14. The van der Waals surface area contributed by atoms with E-state index < -0.39 is 13.9 Å². The molecule has 0 radical (unpaired) electrons. The summed E-state index contributed by atoms with van der Waals surface area (Å²) in [6.07, 6.45) is 10.5. The molecule has 0 amide bonds. The van der Waals surface area contributed by atoms with Gasteiger partial charge in [-0.1, -0.05) is 40.5 Å². The van der Waals surface area contributed by atoms with E-state index in [0.717, 1.165) is 44.9 Å². The maximum absolute atomic E-state index is 13.3. The number of carbonyl (C=O) groups is 1. The first-order valence-electron chi connectivity index (χ1n) is 12.3. The Labute approximate surface area is 179 Å². The summed E-state index contributed by atoms with van der Waals surface area (Å²) in [5, 5.41) is 11.7. The van der Waals surface area contributed by atoms with E-state index in [1.807, 2.05) is 0 Å². The van der Waals surface area contributed by atoms with E-state index in [2.05, 4.69) is 40.8 Å². The highest BCUT2D eigenvalue weighted by Crippen LogP contribution is 2.66. The number of hydrogen-bond donors (Lipinski definition) is 1. The van der Waals surface area contributed by atoms with Crippen LogP contribution in [0, 0.1) is 28.6 Å². The molecule has 4 aliphatic carbocycles. The molecule has 4 heteroatoms. The molecule has 0 aromatic rings. The van der Waals surface area contributed by atoms with Crippen LogP contribution in [0.25, 0.3) is 0 Å². The molecular formula is C25H44O3Si. The van der Waals surface area contributed by atoms with E-state index >= 15 is 0 Å². The van der Waals surface area contributed by atoms with Gasteiger partial charge in [0.15, 0.2) is 8.32 Å². The van der Waals surface area contributed by atoms with Crippen molar-refractivity contribution in [2.24, 2.45) is 28.6 Å². The van der Waals surface area contributed by atoms with Crippen molar-refractivity contribution in [2.75, 3.05) is 6.61 Å². The summed E-state index contributed by atoms with van der Waals surface area (Å²) in [7, 11) is -1.87. The van der Waals surface area contributed by atoms with Crippen molar-refractivity contribution in [3.63, 3.8) is 0 Å². The SMILES string of the molecule is CC(C)(C)[Si](C)(C)OC[C@]12CC[C@H]3[C@@H](CC[C@]4(O)CCCC[C@]34C)[C@@H]1CCC2=O. The molecule has 166 valence electrons. The predicted octanol–water partition coefficient (Wildman–Crippen LogP) is 6.11. The van der Waals surface area contributed by atoms with Crippen molar-refractivity contribution in [1.29, 1.82) is 0 Å². The molecule has 3 nitrogen and oxygen atoms in total. The van der Waals surface area contributed by atoms with Crippen LogP contribution in [-0.4, -0.2) is 31.4 Å². The van der Waals surface area contributed by atoms with Crippen molar-refractivity contribution in [3.05, 3.63) is 0 Å². The molecule has 0 aliphatic heterocycles. The summed E-state index contributed by atoms with van der Waals surface area (Å²) < 4.78 is 6.71. The normalized spacial score (nSPS) is 45.5. The lowest BCUT2D eigenvalue weighted by Crippen LogP contribution is -2.62. The summed E-state index contributed by atoms with van der Waals surface area (Å²) in [5.41, 5.74) is -0.657. The number of hydrogen-bond acceptors (Lipinski definition) is 3. The smallest absolute Gasteiger partial charge is 0.192 e. The number of carbonyl (C=O) groups excluding carboxylic acids is 1. The minimum Gasteiger partial charge on any atom is -0.416 e. The van der Waals surface area contributed by atoms with Gasteiger partial charge in [0.2, 0.25) is 0 Å². The van der Waals surface area contributed by atoms with Crippen LogP contribution in [0.5, 0.6) is 0 Å². The van der Waals surface area contributed by atoms with Crippen molar-refractivity contribution < 1.29 is 14.3 Å². The number of ketones is 1. The van der Waals surface area contributed by atoms with E-state index in [-0.39, 0.29) is 15.9 Å². The van der Waals surface area contributed by atoms with Crippen LogP contribution < -0.4 is 0 Å². The molecule has 0 aromatic carbocycles. The maximum atomic E-state index is 13.3. The van der Waals surface area contributed by atoms with Gasteiger partial charge in [-0.25, -0.2) is 0 Å². The van der Waals surface area contributed by atoms with Crippen molar-refractivity contribution in [3.8, 4) is 0 Å². The van der Waals surface area contributed by atoms with Crippen LogP contribution in [0.15, 0.2) is 0 Å². The largest absolute Gasteiger partial charge is 0.416 e. The summed E-state index contributed by atoms with van der Waals surface area (Å²) in [5.74, 6) is 2.14. The first-order valence-corrected chi connectivity index (χ1v) is 15.2. The summed E-state index contributed by atoms with van der Waals surface area (Å²) in [6, 6.07) is 0. The number of aliphatic hydroxyl groups is 1. The van der Waals surface area contributed by atoms with Gasteiger partial charge in [0, 0.05) is 13.0 Å². The van der Waals surface area contributed by atoms with Crippen LogP contribution in [0.4, 0.5) is 0 Å². The number of rotatable bonds is 3. The molecule has 4 fully saturated rings. The summed E-state index contributed by atoms with van der Waals surface area (Å²) in [6.45, 7) is 14.5. The van der Waals surface area contributed by atoms with Gasteiger partial charge in [-0.3, -0.25) is 4.79 Å². The topological polar surface area (TPSA) is 46.5 Å². The second-order valence-corrected chi connectivity index (χ2v) is 17.6. The standard InChI is InChI=1S/C25H44O3Si/c1-22(2,3)29(5,6)28-17-24-15-12-19-18(20(24)9-10-21(24)26)11-16-25(27)14-8-7-13-23(19,25)4/h18-20,27H,7-17H2,1-6H3/t18-,19+,20+,23-,24-,25-/m1/s1. The zero-order valence-electron chi connectivity index (χ0n) is 19.8. The van der Waals surface area contributed by atoms with Gasteiger partial charge in [-0.2, -0.15) is 0 Å². The Balaban J connectivity index is 1.60. The van der Waals surface area contributed by atoms with Gasteiger partial charge in [0.05, 0.1) is 11.0 Å². The highest BCUT2D eigenvalue weighted by Gasteiger charge is 2.65. The third-order valence-electron chi connectivity index (χ3n) is 10.7. The van der Waals surface area contributed by atoms with Crippen LogP contribution in [0.2, 0.25) is 18.1 Å². The van der Waals surface area contributed by atoms with Crippen LogP contribution in [-0.2, 0) is 9.22 Å². The molecule has 0 heterocycles. The van der Waals surface area contributed by atoms with E-state index in [1.165, 1.54) is 19.3 Å². The molecule has 4 rings (SSSR count). The highest BCUT2D eigenvalue weighted by molar-refractivity contribution is 6.74.